The zero-order chi connectivity index (χ0) is 29.3. The minimum atomic E-state index is -0.0243. The van der Waals surface area contributed by atoms with Crippen LogP contribution >= 0.6 is 0 Å². The molecule has 1 atom stereocenters. The van der Waals surface area contributed by atoms with E-state index in [0.29, 0.717) is 69.8 Å². The number of ether oxygens (including phenoxy) is 5. The van der Waals surface area contributed by atoms with Crippen molar-refractivity contribution in [1.82, 2.24) is 0 Å². The van der Waals surface area contributed by atoms with E-state index in [1.807, 2.05) is 29.2 Å². The number of nitrogens with one attached hydrogen (secondary N) is 2. The van der Waals surface area contributed by atoms with Crippen LogP contribution in [-0.4, -0.2) is 72.3 Å². The predicted octanol–water partition coefficient (Wildman–Crippen LogP) is 4.93. The first kappa shape index (κ1) is 29.7. The highest BCUT2D eigenvalue weighted by Crippen LogP contribution is 2.40. The number of carbonyl (C=O) groups excluding carboxylic acids is 1. The van der Waals surface area contributed by atoms with Gasteiger partial charge < -0.3 is 39.2 Å². The van der Waals surface area contributed by atoms with Crippen LogP contribution in [0.5, 0.6) is 11.5 Å². The SMILES string of the molecule is CCc1cc(COc2cc3c(cc2OC)C(=O)N2c4ccccc4CC2CN3)cc(NCCOCCOCCOC)c1. The Bertz CT molecular complexity index is 1360. The number of amides is 1. The minimum Gasteiger partial charge on any atom is -0.493 e. The van der Waals surface area contributed by atoms with Crippen molar-refractivity contribution in [3.63, 3.8) is 0 Å². The zero-order valence-corrected chi connectivity index (χ0v) is 24.7. The highest BCUT2D eigenvalue weighted by atomic mass is 16.5. The summed E-state index contributed by atoms with van der Waals surface area (Å²) in [5, 5.41) is 6.95. The zero-order valence-electron chi connectivity index (χ0n) is 24.7. The average molecular weight is 576 g/mol. The number of anilines is 3. The summed E-state index contributed by atoms with van der Waals surface area (Å²) < 4.78 is 28.0. The third-order valence-corrected chi connectivity index (χ3v) is 7.59. The van der Waals surface area contributed by atoms with E-state index in [1.54, 1.807) is 20.3 Å². The van der Waals surface area contributed by atoms with E-state index in [4.69, 9.17) is 23.7 Å². The van der Waals surface area contributed by atoms with Crippen molar-refractivity contribution in [2.75, 3.05) is 75.9 Å². The standard InChI is InChI=1S/C33H41N3O6/c1-4-23-15-24(17-26(16-23)34-9-10-40-13-14-41-12-11-38-2)22-42-32-20-29-28(19-31(32)39-3)33(37)36-27(21-35-29)18-25-7-5-6-8-30(25)36/h5-8,15-17,19-20,27,34-35H,4,9-14,18,21-22H2,1-3H3. The molecule has 1 amide bonds. The van der Waals surface area contributed by atoms with Crippen molar-refractivity contribution in [1.29, 1.82) is 0 Å². The van der Waals surface area contributed by atoms with Crippen LogP contribution in [0.3, 0.4) is 0 Å². The number of carbonyl (C=O) groups is 1. The van der Waals surface area contributed by atoms with Crippen LogP contribution in [-0.2, 0) is 33.7 Å². The fraction of sp³-hybridized carbons (Fsp3) is 0.424. The van der Waals surface area contributed by atoms with E-state index in [0.717, 1.165) is 35.5 Å². The number of benzene rings is 3. The molecule has 0 saturated heterocycles. The van der Waals surface area contributed by atoms with E-state index in [9.17, 15) is 4.79 Å². The van der Waals surface area contributed by atoms with Crippen molar-refractivity contribution in [2.45, 2.75) is 32.4 Å². The molecule has 2 heterocycles. The fourth-order valence-electron chi connectivity index (χ4n) is 5.46. The Morgan fingerprint density at radius 3 is 2.52 bits per heavy atom. The Kier molecular flexibility index (Phi) is 10.2. The summed E-state index contributed by atoms with van der Waals surface area (Å²) in [5.74, 6) is 1.10. The molecule has 1 unspecified atom stereocenters. The number of rotatable bonds is 15. The Labute approximate surface area is 248 Å². The second-order valence-corrected chi connectivity index (χ2v) is 10.4. The molecule has 2 aliphatic rings. The first-order valence-corrected chi connectivity index (χ1v) is 14.6. The van der Waals surface area contributed by atoms with Gasteiger partial charge in [-0.3, -0.25) is 4.79 Å². The lowest BCUT2D eigenvalue weighted by atomic mass is 10.1. The van der Waals surface area contributed by atoms with Crippen LogP contribution in [0, 0.1) is 0 Å². The minimum absolute atomic E-state index is 0.0243. The number of para-hydroxylation sites is 1. The Morgan fingerprint density at radius 1 is 0.929 bits per heavy atom. The number of hydrogen-bond acceptors (Lipinski definition) is 8. The average Bonchev–Trinajstić information content (AvgIpc) is 3.33. The van der Waals surface area contributed by atoms with Crippen molar-refractivity contribution >= 4 is 23.0 Å². The molecule has 42 heavy (non-hydrogen) atoms. The second kappa shape index (κ2) is 14.4. The van der Waals surface area contributed by atoms with E-state index >= 15 is 0 Å². The Balaban J connectivity index is 1.22. The lowest BCUT2D eigenvalue weighted by Gasteiger charge is -2.22. The summed E-state index contributed by atoms with van der Waals surface area (Å²) in [6, 6.07) is 18.3. The van der Waals surface area contributed by atoms with E-state index in [2.05, 4.69) is 41.8 Å². The Morgan fingerprint density at radius 2 is 1.71 bits per heavy atom. The first-order chi connectivity index (χ1) is 20.6. The smallest absolute Gasteiger partial charge is 0.260 e. The second-order valence-electron chi connectivity index (χ2n) is 10.4. The first-order valence-electron chi connectivity index (χ1n) is 14.6. The summed E-state index contributed by atoms with van der Waals surface area (Å²) in [6.45, 7) is 6.70. The van der Waals surface area contributed by atoms with Crippen molar-refractivity contribution in [2.24, 2.45) is 0 Å². The van der Waals surface area contributed by atoms with Crippen molar-refractivity contribution in [3.05, 3.63) is 76.9 Å². The van der Waals surface area contributed by atoms with Gasteiger partial charge in [-0.2, -0.15) is 0 Å². The van der Waals surface area contributed by atoms with Crippen LogP contribution in [0.4, 0.5) is 17.1 Å². The summed E-state index contributed by atoms with van der Waals surface area (Å²) in [7, 11) is 3.26. The van der Waals surface area contributed by atoms with E-state index in [-0.39, 0.29) is 11.9 Å². The molecular formula is C33H41N3O6. The van der Waals surface area contributed by atoms with Crippen LogP contribution in [0.1, 0.15) is 34.0 Å². The molecular weight excluding hydrogens is 534 g/mol. The molecule has 9 nitrogen and oxygen atoms in total. The molecule has 0 spiro atoms. The van der Waals surface area contributed by atoms with Gasteiger partial charge in [-0.1, -0.05) is 31.2 Å². The summed E-state index contributed by atoms with van der Waals surface area (Å²) in [6.07, 6.45) is 1.75. The molecule has 0 fully saturated rings. The number of nitrogens with zero attached hydrogens (tertiary/aromatic N) is 1. The van der Waals surface area contributed by atoms with Crippen LogP contribution in [0.2, 0.25) is 0 Å². The molecule has 2 N–H and O–H groups in total. The normalized spacial score (nSPS) is 15.4. The van der Waals surface area contributed by atoms with Gasteiger partial charge in [0.25, 0.3) is 5.91 Å². The van der Waals surface area contributed by atoms with Gasteiger partial charge in [0.15, 0.2) is 11.5 Å². The van der Waals surface area contributed by atoms with Crippen molar-refractivity contribution < 1.29 is 28.5 Å². The molecule has 5 rings (SSSR count). The van der Waals surface area contributed by atoms with Crippen LogP contribution in [0.25, 0.3) is 0 Å². The number of fused-ring (bicyclic) bond motifs is 4. The molecule has 3 aromatic rings. The highest BCUT2D eigenvalue weighted by molar-refractivity contribution is 6.12. The maximum absolute atomic E-state index is 13.7. The molecule has 0 saturated carbocycles. The lowest BCUT2D eigenvalue weighted by molar-refractivity contribution is 0.0272. The number of hydrogen-bond donors (Lipinski definition) is 2. The molecule has 0 radical (unpaired) electrons. The van der Waals surface area contributed by atoms with Gasteiger partial charge in [-0.05, 0) is 53.8 Å². The van der Waals surface area contributed by atoms with Gasteiger partial charge in [-0.15, -0.1) is 0 Å². The third kappa shape index (κ3) is 6.98. The molecule has 9 heteroatoms. The summed E-state index contributed by atoms with van der Waals surface area (Å²) in [4.78, 5) is 15.6. The quantitative estimate of drug-likeness (QED) is 0.247. The summed E-state index contributed by atoms with van der Waals surface area (Å²) >= 11 is 0. The van der Waals surface area contributed by atoms with E-state index in [1.165, 1.54) is 11.1 Å². The highest BCUT2D eigenvalue weighted by Gasteiger charge is 2.37. The molecule has 0 aliphatic carbocycles. The molecule has 2 aliphatic heterocycles. The van der Waals surface area contributed by atoms with Crippen LogP contribution < -0.4 is 25.0 Å². The lowest BCUT2D eigenvalue weighted by Crippen LogP contribution is -2.39. The maximum Gasteiger partial charge on any atom is 0.260 e. The molecule has 3 aromatic carbocycles. The van der Waals surface area contributed by atoms with Gasteiger partial charge in [0.05, 0.1) is 57.4 Å². The Hall–Kier alpha value is -3.79. The van der Waals surface area contributed by atoms with Gasteiger partial charge in [-0.25, -0.2) is 0 Å². The van der Waals surface area contributed by atoms with E-state index < -0.39 is 0 Å². The molecule has 224 valence electrons. The van der Waals surface area contributed by atoms with Gasteiger partial charge in [0, 0.05) is 37.6 Å². The largest absolute Gasteiger partial charge is 0.493 e. The maximum atomic E-state index is 13.7. The fourth-order valence-corrected chi connectivity index (χ4v) is 5.46. The predicted molar refractivity (Wildman–Crippen MR) is 164 cm³/mol. The third-order valence-electron chi connectivity index (χ3n) is 7.59. The van der Waals surface area contributed by atoms with Gasteiger partial charge >= 0.3 is 0 Å². The summed E-state index contributed by atoms with van der Waals surface area (Å²) in [5.41, 5.74) is 6.82. The van der Waals surface area contributed by atoms with Gasteiger partial charge in [0.2, 0.25) is 0 Å². The molecule has 0 aromatic heterocycles. The van der Waals surface area contributed by atoms with Gasteiger partial charge in [0.1, 0.15) is 6.61 Å². The number of aryl methyl sites for hydroxylation is 1. The monoisotopic (exact) mass is 575 g/mol. The van der Waals surface area contributed by atoms with Crippen LogP contribution in [0.15, 0.2) is 54.6 Å². The topological polar surface area (TPSA) is 90.5 Å². The number of methoxy groups -OCH3 is 2. The van der Waals surface area contributed by atoms with Crippen molar-refractivity contribution in [3.8, 4) is 11.5 Å². The molecule has 0 bridgehead atoms.